The van der Waals surface area contributed by atoms with Gasteiger partial charge in [0.25, 0.3) is 0 Å². The Morgan fingerprint density at radius 1 is 1.19 bits per heavy atom. The van der Waals surface area contributed by atoms with Gasteiger partial charge >= 0.3 is 0 Å². The van der Waals surface area contributed by atoms with Crippen molar-refractivity contribution in [3.63, 3.8) is 0 Å². The van der Waals surface area contributed by atoms with Gasteiger partial charge in [-0.25, -0.2) is 0 Å². The number of hydrogen-bond acceptors (Lipinski definition) is 2. The van der Waals surface area contributed by atoms with E-state index >= 15 is 0 Å². The van der Waals surface area contributed by atoms with E-state index in [0.29, 0.717) is 6.04 Å². The van der Waals surface area contributed by atoms with Gasteiger partial charge in [0.05, 0.1) is 0 Å². The van der Waals surface area contributed by atoms with Crippen LogP contribution in [0, 0.1) is 18.8 Å². The van der Waals surface area contributed by atoms with Crippen LogP contribution < -0.4 is 5.32 Å². The van der Waals surface area contributed by atoms with E-state index in [-0.39, 0.29) is 0 Å². The summed E-state index contributed by atoms with van der Waals surface area (Å²) >= 11 is 1.96. The maximum atomic E-state index is 3.80. The van der Waals surface area contributed by atoms with Crippen LogP contribution in [-0.2, 0) is 0 Å². The Morgan fingerprint density at radius 2 is 1.90 bits per heavy atom. The van der Waals surface area contributed by atoms with Crippen molar-refractivity contribution < 1.29 is 0 Å². The summed E-state index contributed by atoms with van der Waals surface area (Å²) in [5.74, 6) is 1.84. The zero-order chi connectivity index (χ0) is 14.8. The lowest BCUT2D eigenvalue weighted by Crippen LogP contribution is -2.28. The van der Waals surface area contributed by atoms with Crippen LogP contribution >= 0.6 is 11.3 Å². The van der Waals surface area contributed by atoms with Crippen LogP contribution in [0.15, 0.2) is 24.3 Å². The van der Waals surface area contributed by atoms with Gasteiger partial charge < -0.3 is 5.32 Å². The van der Waals surface area contributed by atoms with E-state index in [1.807, 2.05) is 11.3 Å². The number of nitrogens with one attached hydrogen (secondary N) is 1. The van der Waals surface area contributed by atoms with Crippen LogP contribution in [-0.4, -0.2) is 6.54 Å². The molecule has 1 heterocycles. The maximum absolute atomic E-state index is 3.80. The molecule has 1 aromatic heterocycles. The van der Waals surface area contributed by atoms with Crippen LogP contribution in [0.5, 0.6) is 0 Å². The van der Waals surface area contributed by atoms with Crippen molar-refractivity contribution in [2.75, 3.05) is 6.54 Å². The van der Waals surface area contributed by atoms with Crippen molar-refractivity contribution in [3.05, 3.63) is 34.7 Å². The maximum Gasteiger partial charge on any atom is 0.0389 e. The Labute approximate surface area is 132 Å². The summed E-state index contributed by atoms with van der Waals surface area (Å²) in [5, 5.41) is 5.22. The van der Waals surface area contributed by atoms with E-state index in [9.17, 15) is 0 Å². The Morgan fingerprint density at radius 3 is 2.62 bits per heavy atom. The molecule has 1 fully saturated rings. The van der Waals surface area contributed by atoms with E-state index < -0.39 is 0 Å². The van der Waals surface area contributed by atoms with E-state index in [1.54, 1.807) is 0 Å². The Kier molecular flexibility index (Phi) is 4.66. The smallest absolute Gasteiger partial charge is 0.0389 e. The minimum Gasteiger partial charge on any atom is -0.309 e. The van der Waals surface area contributed by atoms with Gasteiger partial charge in [0.1, 0.15) is 0 Å². The van der Waals surface area contributed by atoms with Crippen molar-refractivity contribution in [2.45, 2.75) is 52.5 Å². The molecule has 3 rings (SSSR count). The SMILES string of the molecule is Cc1c(C(C)NCC2CCC(C)CC2)sc2ccccc12. The predicted molar refractivity (Wildman–Crippen MR) is 94.1 cm³/mol. The standard InChI is InChI=1S/C19H27NS/c1-13-8-10-16(11-9-13)12-20-15(3)19-14(2)17-6-4-5-7-18(17)21-19/h4-7,13,15-16,20H,8-12H2,1-3H3. The summed E-state index contributed by atoms with van der Waals surface area (Å²) in [6.07, 6.45) is 5.66. The number of thiophene rings is 1. The first kappa shape index (κ1) is 15.1. The van der Waals surface area contributed by atoms with E-state index in [2.05, 4.69) is 50.4 Å². The first-order valence-corrected chi connectivity index (χ1v) is 9.18. The molecule has 1 N–H and O–H groups in total. The van der Waals surface area contributed by atoms with E-state index in [0.717, 1.165) is 11.8 Å². The lowest BCUT2D eigenvalue weighted by molar-refractivity contribution is 0.276. The third-order valence-electron chi connectivity index (χ3n) is 5.12. The van der Waals surface area contributed by atoms with Crippen molar-refractivity contribution in [1.29, 1.82) is 0 Å². The Bertz CT molecular complexity index is 593. The van der Waals surface area contributed by atoms with Crippen LogP contribution in [0.3, 0.4) is 0 Å². The van der Waals surface area contributed by atoms with Gasteiger partial charge in [-0.15, -0.1) is 11.3 Å². The highest BCUT2D eigenvalue weighted by Gasteiger charge is 2.20. The van der Waals surface area contributed by atoms with Gasteiger partial charge in [-0.2, -0.15) is 0 Å². The van der Waals surface area contributed by atoms with Crippen LogP contribution in [0.2, 0.25) is 0 Å². The number of rotatable bonds is 4. The molecule has 1 saturated carbocycles. The second-order valence-corrected chi connectivity index (χ2v) is 7.93. The number of benzene rings is 1. The van der Waals surface area contributed by atoms with Gasteiger partial charge in [0.2, 0.25) is 0 Å². The highest BCUT2D eigenvalue weighted by Crippen LogP contribution is 2.35. The molecular formula is C19H27NS. The number of fused-ring (bicyclic) bond motifs is 1. The molecule has 1 aliphatic carbocycles. The van der Waals surface area contributed by atoms with E-state index in [4.69, 9.17) is 0 Å². The van der Waals surface area contributed by atoms with Crippen molar-refractivity contribution >= 4 is 21.4 Å². The second-order valence-electron chi connectivity index (χ2n) is 6.84. The molecule has 1 nitrogen and oxygen atoms in total. The van der Waals surface area contributed by atoms with Gasteiger partial charge in [-0.3, -0.25) is 0 Å². The summed E-state index contributed by atoms with van der Waals surface area (Å²) < 4.78 is 1.42. The average Bonchev–Trinajstić information content (AvgIpc) is 2.84. The summed E-state index contributed by atoms with van der Waals surface area (Å²) in [7, 11) is 0. The first-order chi connectivity index (χ1) is 10.1. The largest absolute Gasteiger partial charge is 0.309 e. The number of aryl methyl sites for hydroxylation is 1. The van der Waals surface area contributed by atoms with Crippen LogP contribution in [0.25, 0.3) is 10.1 Å². The Balaban J connectivity index is 1.64. The summed E-state index contributed by atoms with van der Waals surface area (Å²) in [5.41, 5.74) is 1.47. The third-order valence-corrected chi connectivity index (χ3v) is 6.58. The normalized spacial score (nSPS) is 24.3. The molecule has 21 heavy (non-hydrogen) atoms. The van der Waals surface area contributed by atoms with Crippen molar-refractivity contribution in [2.24, 2.45) is 11.8 Å². The third kappa shape index (κ3) is 3.32. The molecule has 0 radical (unpaired) electrons. The molecule has 1 unspecified atom stereocenters. The summed E-state index contributed by atoms with van der Waals surface area (Å²) in [6.45, 7) is 8.17. The summed E-state index contributed by atoms with van der Waals surface area (Å²) in [6, 6.07) is 9.25. The van der Waals surface area contributed by atoms with Gasteiger partial charge in [0, 0.05) is 15.6 Å². The van der Waals surface area contributed by atoms with Crippen LogP contribution in [0.4, 0.5) is 0 Å². The molecule has 2 aromatic rings. The van der Waals surface area contributed by atoms with Gasteiger partial charge in [0.15, 0.2) is 0 Å². The van der Waals surface area contributed by atoms with Gasteiger partial charge in [-0.1, -0.05) is 38.0 Å². The molecule has 0 spiro atoms. The molecule has 0 aliphatic heterocycles. The highest BCUT2D eigenvalue weighted by molar-refractivity contribution is 7.19. The molecule has 1 aliphatic rings. The zero-order valence-electron chi connectivity index (χ0n) is 13.5. The lowest BCUT2D eigenvalue weighted by atomic mass is 9.83. The molecule has 0 bridgehead atoms. The lowest BCUT2D eigenvalue weighted by Gasteiger charge is -2.27. The second kappa shape index (κ2) is 6.50. The monoisotopic (exact) mass is 301 g/mol. The van der Waals surface area contributed by atoms with E-state index in [1.165, 1.54) is 52.8 Å². The molecule has 0 amide bonds. The predicted octanol–water partition coefficient (Wildman–Crippen LogP) is 5.69. The molecule has 1 atom stereocenters. The molecular weight excluding hydrogens is 274 g/mol. The fraction of sp³-hybridized carbons (Fsp3) is 0.579. The fourth-order valence-corrected chi connectivity index (χ4v) is 4.81. The molecule has 1 aromatic carbocycles. The zero-order valence-corrected chi connectivity index (χ0v) is 14.3. The van der Waals surface area contributed by atoms with Gasteiger partial charge in [-0.05, 0) is 62.1 Å². The quantitative estimate of drug-likeness (QED) is 0.765. The van der Waals surface area contributed by atoms with Crippen molar-refractivity contribution in [3.8, 4) is 0 Å². The first-order valence-electron chi connectivity index (χ1n) is 8.36. The van der Waals surface area contributed by atoms with Crippen molar-refractivity contribution in [1.82, 2.24) is 5.32 Å². The summed E-state index contributed by atoms with van der Waals surface area (Å²) in [4.78, 5) is 1.51. The Hall–Kier alpha value is -0.860. The fourth-order valence-electron chi connectivity index (χ4n) is 3.58. The minimum atomic E-state index is 0.474. The molecule has 2 heteroatoms. The average molecular weight is 301 g/mol. The number of hydrogen-bond donors (Lipinski definition) is 1. The highest BCUT2D eigenvalue weighted by atomic mass is 32.1. The minimum absolute atomic E-state index is 0.474. The molecule has 114 valence electrons. The molecule has 0 saturated heterocycles. The van der Waals surface area contributed by atoms with Crippen LogP contribution in [0.1, 0.15) is 56.0 Å². The topological polar surface area (TPSA) is 12.0 Å².